The Morgan fingerprint density at radius 2 is 2.07 bits per heavy atom. The third-order valence-corrected chi connectivity index (χ3v) is 4.91. The van der Waals surface area contributed by atoms with E-state index in [9.17, 15) is 9.59 Å². The molecule has 0 unspecified atom stereocenters. The Bertz CT molecular complexity index is 728. The van der Waals surface area contributed by atoms with Gasteiger partial charge in [-0.15, -0.1) is 0 Å². The van der Waals surface area contributed by atoms with Gasteiger partial charge in [0, 0.05) is 43.8 Å². The summed E-state index contributed by atoms with van der Waals surface area (Å²) in [5, 5.41) is 3.45. The average molecular weight is 375 g/mol. The highest BCUT2D eigenvalue weighted by molar-refractivity contribution is 5.98. The standard InChI is InChI=1S/C20H29N3O4/c1-13-9-21-15(12-23(13)19(25)27-20(2,3)4)11-22-10-14-8-16(26-5)6-7-17(14)18(22)24/h6-8,13,15,21H,9-12H2,1-5H3/t13-,15+/m1/s1. The van der Waals surface area contributed by atoms with Gasteiger partial charge >= 0.3 is 6.09 Å². The second kappa shape index (κ2) is 7.38. The minimum absolute atomic E-state index is 0.00822. The Kier molecular flexibility index (Phi) is 5.33. The van der Waals surface area contributed by atoms with E-state index < -0.39 is 5.60 Å². The molecule has 1 saturated heterocycles. The van der Waals surface area contributed by atoms with Crippen molar-refractivity contribution >= 4 is 12.0 Å². The Balaban J connectivity index is 1.64. The zero-order valence-corrected chi connectivity index (χ0v) is 16.7. The van der Waals surface area contributed by atoms with Gasteiger partial charge in [-0.3, -0.25) is 4.79 Å². The molecular weight excluding hydrogens is 346 g/mol. The number of carbonyl (C=O) groups excluding carboxylic acids is 2. The monoisotopic (exact) mass is 375 g/mol. The van der Waals surface area contributed by atoms with Crippen LogP contribution in [0.5, 0.6) is 5.75 Å². The van der Waals surface area contributed by atoms with Gasteiger partial charge in [0.1, 0.15) is 11.4 Å². The predicted molar refractivity (Wildman–Crippen MR) is 102 cm³/mol. The van der Waals surface area contributed by atoms with E-state index in [-0.39, 0.29) is 24.1 Å². The fourth-order valence-corrected chi connectivity index (χ4v) is 3.52. The molecule has 7 nitrogen and oxygen atoms in total. The zero-order valence-electron chi connectivity index (χ0n) is 16.7. The molecule has 0 bridgehead atoms. The number of piperazine rings is 1. The highest BCUT2D eigenvalue weighted by Gasteiger charge is 2.35. The summed E-state index contributed by atoms with van der Waals surface area (Å²) in [7, 11) is 1.62. The molecule has 0 radical (unpaired) electrons. The van der Waals surface area contributed by atoms with Gasteiger partial charge in [-0.2, -0.15) is 0 Å². The van der Waals surface area contributed by atoms with Crippen LogP contribution in [-0.2, 0) is 11.3 Å². The summed E-state index contributed by atoms with van der Waals surface area (Å²) in [6.07, 6.45) is -0.303. The molecule has 1 fully saturated rings. The Morgan fingerprint density at radius 3 is 2.74 bits per heavy atom. The van der Waals surface area contributed by atoms with E-state index in [2.05, 4.69) is 5.32 Å². The second-order valence-electron chi connectivity index (χ2n) is 8.30. The topological polar surface area (TPSA) is 71.1 Å². The van der Waals surface area contributed by atoms with Crippen LogP contribution in [0.1, 0.15) is 43.6 Å². The van der Waals surface area contributed by atoms with E-state index in [0.29, 0.717) is 26.2 Å². The van der Waals surface area contributed by atoms with E-state index in [1.807, 2.05) is 50.8 Å². The summed E-state index contributed by atoms with van der Waals surface area (Å²) < 4.78 is 10.8. The van der Waals surface area contributed by atoms with Crippen LogP contribution in [0.4, 0.5) is 4.79 Å². The highest BCUT2D eigenvalue weighted by atomic mass is 16.6. The first kappa shape index (κ1) is 19.5. The maximum absolute atomic E-state index is 12.7. The molecule has 0 aromatic heterocycles. The van der Waals surface area contributed by atoms with Gasteiger partial charge in [-0.1, -0.05) is 0 Å². The molecule has 7 heteroatoms. The number of carbonyl (C=O) groups is 2. The van der Waals surface area contributed by atoms with Crippen LogP contribution in [0.2, 0.25) is 0 Å². The molecule has 0 saturated carbocycles. The lowest BCUT2D eigenvalue weighted by atomic mass is 10.1. The van der Waals surface area contributed by atoms with Crippen molar-refractivity contribution in [2.45, 2.75) is 51.9 Å². The number of nitrogens with zero attached hydrogens (tertiary/aromatic N) is 2. The molecule has 2 heterocycles. The smallest absolute Gasteiger partial charge is 0.410 e. The number of hydrogen-bond acceptors (Lipinski definition) is 5. The van der Waals surface area contributed by atoms with Gasteiger partial charge in [-0.25, -0.2) is 4.79 Å². The van der Waals surface area contributed by atoms with Gasteiger partial charge in [0.15, 0.2) is 0 Å². The van der Waals surface area contributed by atoms with Crippen LogP contribution >= 0.6 is 0 Å². The number of benzene rings is 1. The molecule has 2 amide bonds. The van der Waals surface area contributed by atoms with Crippen LogP contribution in [0, 0.1) is 0 Å². The molecule has 148 valence electrons. The molecule has 3 rings (SSSR count). The summed E-state index contributed by atoms with van der Waals surface area (Å²) in [4.78, 5) is 28.8. The Hall–Kier alpha value is -2.28. The fourth-order valence-electron chi connectivity index (χ4n) is 3.52. The van der Waals surface area contributed by atoms with Crippen molar-refractivity contribution in [3.63, 3.8) is 0 Å². The summed E-state index contributed by atoms with van der Waals surface area (Å²) in [6.45, 7) is 9.88. The normalized spacial score (nSPS) is 22.6. The van der Waals surface area contributed by atoms with Gasteiger partial charge in [0.2, 0.25) is 0 Å². The number of nitrogens with one attached hydrogen (secondary N) is 1. The lowest BCUT2D eigenvalue weighted by Gasteiger charge is -2.40. The molecule has 27 heavy (non-hydrogen) atoms. The minimum Gasteiger partial charge on any atom is -0.497 e. The van der Waals surface area contributed by atoms with Gasteiger partial charge in [0.25, 0.3) is 5.91 Å². The third-order valence-electron chi connectivity index (χ3n) is 4.91. The maximum atomic E-state index is 12.7. The number of ether oxygens (including phenoxy) is 2. The van der Waals surface area contributed by atoms with Crippen LogP contribution in [0.25, 0.3) is 0 Å². The van der Waals surface area contributed by atoms with Gasteiger partial charge in [-0.05, 0) is 51.5 Å². The Morgan fingerprint density at radius 1 is 1.33 bits per heavy atom. The molecule has 0 spiro atoms. The van der Waals surface area contributed by atoms with Crippen molar-refractivity contribution in [1.29, 1.82) is 0 Å². The van der Waals surface area contributed by atoms with Crippen molar-refractivity contribution in [2.75, 3.05) is 26.7 Å². The molecule has 1 aromatic carbocycles. The van der Waals surface area contributed by atoms with Crippen molar-refractivity contribution in [2.24, 2.45) is 0 Å². The van der Waals surface area contributed by atoms with Gasteiger partial charge in [0.05, 0.1) is 7.11 Å². The average Bonchev–Trinajstić information content (AvgIpc) is 2.90. The number of methoxy groups -OCH3 is 1. The van der Waals surface area contributed by atoms with E-state index in [0.717, 1.165) is 16.9 Å². The largest absolute Gasteiger partial charge is 0.497 e. The van der Waals surface area contributed by atoms with Crippen molar-refractivity contribution in [3.05, 3.63) is 29.3 Å². The van der Waals surface area contributed by atoms with Gasteiger partial charge < -0.3 is 24.6 Å². The molecule has 1 N–H and O–H groups in total. The second-order valence-corrected chi connectivity index (χ2v) is 8.30. The SMILES string of the molecule is COc1ccc2c(c1)CN(C[C@H]1CN(C(=O)OC(C)(C)C)[C@H](C)CN1)C2=O. The van der Waals surface area contributed by atoms with Crippen LogP contribution < -0.4 is 10.1 Å². The number of rotatable bonds is 3. The molecule has 2 aliphatic heterocycles. The third kappa shape index (κ3) is 4.35. The summed E-state index contributed by atoms with van der Waals surface area (Å²) in [5.74, 6) is 0.779. The first-order valence-electron chi connectivity index (χ1n) is 9.37. The lowest BCUT2D eigenvalue weighted by molar-refractivity contribution is 0.00817. The van der Waals surface area contributed by atoms with Crippen molar-refractivity contribution in [3.8, 4) is 5.75 Å². The maximum Gasteiger partial charge on any atom is 0.410 e. The highest BCUT2D eigenvalue weighted by Crippen LogP contribution is 2.27. The molecular formula is C20H29N3O4. The number of amides is 2. The van der Waals surface area contributed by atoms with Crippen molar-refractivity contribution in [1.82, 2.24) is 15.1 Å². The summed E-state index contributed by atoms with van der Waals surface area (Å²) in [6, 6.07) is 5.60. The predicted octanol–water partition coefficient (Wildman–Crippen LogP) is 2.25. The molecule has 1 aromatic rings. The van der Waals surface area contributed by atoms with Crippen LogP contribution in [0.3, 0.4) is 0 Å². The van der Waals surface area contributed by atoms with Crippen molar-refractivity contribution < 1.29 is 19.1 Å². The van der Waals surface area contributed by atoms with E-state index in [4.69, 9.17) is 9.47 Å². The molecule has 2 aliphatic rings. The number of fused-ring (bicyclic) bond motifs is 1. The summed E-state index contributed by atoms with van der Waals surface area (Å²) in [5.41, 5.74) is 1.18. The first-order valence-corrected chi connectivity index (χ1v) is 9.37. The quantitative estimate of drug-likeness (QED) is 0.877. The summed E-state index contributed by atoms with van der Waals surface area (Å²) >= 11 is 0. The number of hydrogen-bond donors (Lipinski definition) is 1. The zero-order chi connectivity index (χ0) is 19.8. The molecule has 0 aliphatic carbocycles. The lowest BCUT2D eigenvalue weighted by Crippen LogP contribution is -2.60. The van der Waals surface area contributed by atoms with E-state index >= 15 is 0 Å². The van der Waals surface area contributed by atoms with Crippen LogP contribution in [0.15, 0.2) is 18.2 Å². The van der Waals surface area contributed by atoms with Crippen LogP contribution in [-0.4, -0.2) is 66.2 Å². The fraction of sp³-hybridized carbons (Fsp3) is 0.600. The minimum atomic E-state index is -0.525. The molecule has 2 atom stereocenters. The Labute approximate surface area is 160 Å². The first-order chi connectivity index (χ1) is 12.7. The van der Waals surface area contributed by atoms with E-state index in [1.165, 1.54) is 0 Å². The van der Waals surface area contributed by atoms with E-state index in [1.54, 1.807) is 12.0 Å².